The second kappa shape index (κ2) is 6.73. The van der Waals surface area contributed by atoms with E-state index in [4.69, 9.17) is 4.74 Å². The summed E-state index contributed by atoms with van der Waals surface area (Å²) in [6.07, 6.45) is -4.57. The lowest BCUT2D eigenvalue weighted by Crippen LogP contribution is -2.38. The van der Waals surface area contributed by atoms with Crippen LogP contribution in [0, 0.1) is 0 Å². The number of aromatic amines is 1. The molecule has 9 nitrogen and oxygen atoms in total. The Morgan fingerprint density at radius 2 is 1.84 bits per heavy atom. The fraction of sp³-hybridized carbons (Fsp3) is 0.312. The van der Waals surface area contributed by atoms with E-state index in [1.165, 1.54) is 24.3 Å². The third-order valence-electron chi connectivity index (χ3n) is 4.09. The lowest BCUT2D eigenvalue weighted by molar-refractivity contribution is -0.0541. The summed E-state index contributed by atoms with van der Waals surface area (Å²) >= 11 is 0. The van der Waals surface area contributed by atoms with Gasteiger partial charge in [0.2, 0.25) is 0 Å². The fourth-order valence-electron chi connectivity index (χ4n) is 2.81. The lowest BCUT2D eigenvalue weighted by Gasteiger charge is -2.21. The maximum absolute atomic E-state index is 12.3. The minimum atomic E-state index is -1.48. The summed E-state index contributed by atoms with van der Waals surface area (Å²) in [5, 5.41) is 29.3. The molecule has 0 unspecified atom stereocenters. The van der Waals surface area contributed by atoms with Crippen LogP contribution in [0.4, 0.5) is 0 Å². The largest absolute Gasteiger partial charge is 0.394 e. The number of carbonyl (C=O) groups excluding carboxylic acids is 1. The van der Waals surface area contributed by atoms with E-state index in [0.717, 1.165) is 10.6 Å². The molecular weight excluding hydrogens is 332 g/mol. The van der Waals surface area contributed by atoms with Crippen molar-refractivity contribution in [2.75, 3.05) is 6.61 Å². The minimum absolute atomic E-state index is 0.140. The summed E-state index contributed by atoms with van der Waals surface area (Å²) in [6, 6.07) is 7.24. The Morgan fingerprint density at radius 3 is 2.40 bits per heavy atom. The van der Waals surface area contributed by atoms with E-state index >= 15 is 0 Å². The zero-order valence-corrected chi connectivity index (χ0v) is 12.9. The number of nitrogens with zero attached hydrogens (tertiary/aromatic N) is 1. The molecule has 0 bridgehead atoms. The molecule has 2 heterocycles. The smallest absolute Gasteiger partial charge is 0.331 e. The van der Waals surface area contributed by atoms with Gasteiger partial charge in [-0.25, -0.2) is 4.79 Å². The van der Waals surface area contributed by atoms with E-state index in [1.807, 2.05) is 0 Å². The number of hydrogen-bond acceptors (Lipinski definition) is 7. The number of nitrogens with one attached hydrogen (secondary N) is 1. The zero-order chi connectivity index (χ0) is 18.1. The number of aromatic nitrogens is 2. The molecule has 9 heteroatoms. The molecule has 0 spiro atoms. The van der Waals surface area contributed by atoms with Gasteiger partial charge in [-0.05, 0) is 5.56 Å². The van der Waals surface area contributed by atoms with Crippen LogP contribution in [0.1, 0.15) is 16.6 Å². The van der Waals surface area contributed by atoms with Crippen LogP contribution in [-0.2, 0) is 4.74 Å². The molecule has 0 aliphatic carbocycles. The summed E-state index contributed by atoms with van der Waals surface area (Å²) < 4.78 is 6.38. The first-order valence-electron chi connectivity index (χ1n) is 7.50. The van der Waals surface area contributed by atoms with Crippen molar-refractivity contribution >= 4 is 6.29 Å². The van der Waals surface area contributed by atoms with Crippen molar-refractivity contribution in [3.05, 3.63) is 56.7 Å². The molecule has 3 rings (SSSR count). The Bertz CT molecular complexity index is 887. The quantitative estimate of drug-likeness (QED) is 0.499. The van der Waals surface area contributed by atoms with Crippen LogP contribution in [0.2, 0.25) is 0 Å². The zero-order valence-electron chi connectivity index (χ0n) is 12.9. The highest BCUT2D eigenvalue weighted by atomic mass is 16.6. The van der Waals surface area contributed by atoms with E-state index in [9.17, 15) is 29.7 Å². The SMILES string of the molecule is O=Cc1ccc(-c2cc(=O)[nH]c(=O)n2[C@@H]2O[C@H](CO)[C@@H](O)[C@H]2O)cc1. The summed E-state index contributed by atoms with van der Waals surface area (Å²) in [4.78, 5) is 36.9. The molecule has 0 radical (unpaired) electrons. The Kier molecular flexibility index (Phi) is 4.64. The predicted octanol–water partition coefficient (Wildman–Crippen LogP) is -1.37. The van der Waals surface area contributed by atoms with Crippen LogP contribution in [0.25, 0.3) is 11.3 Å². The molecule has 1 aliphatic rings. The Labute approximate surface area is 140 Å². The first-order valence-corrected chi connectivity index (χ1v) is 7.50. The van der Waals surface area contributed by atoms with Gasteiger partial charge in [-0.15, -0.1) is 0 Å². The molecule has 25 heavy (non-hydrogen) atoms. The third kappa shape index (κ3) is 3.05. The highest BCUT2D eigenvalue weighted by Crippen LogP contribution is 2.31. The van der Waals surface area contributed by atoms with Gasteiger partial charge in [0.05, 0.1) is 12.3 Å². The second-order valence-corrected chi connectivity index (χ2v) is 5.66. The van der Waals surface area contributed by atoms with Gasteiger partial charge >= 0.3 is 5.69 Å². The highest BCUT2D eigenvalue weighted by Gasteiger charge is 2.44. The molecular formula is C16H16N2O7. The Morgan fingerprint density at radius 1 is 1.16 bits per heavy atom. The summed E-state index contributed by atoms with van der Waals surface area (Å²) in [7, 11) is 0. The van der Waals surface area contributed by atoms with Crippen LogP contribution in [-0.4, -0.2) is 56.1 Å². The van der Waals surface area contributed by atoms with Crippen molar-refractivity contribution in [3.8, 4) is 11.3 Å². The van der Waals surface area contributed by atoms with E-state index in [1.54, 1.807) is 0 Å². The maximum atomic E-state index is 12.3. The topological polar surface area (TPSA) is 142 Å². The van der Waals surface area contributed by atoms with Crippen molar-refractivity contribution in [1.82, 2.24) is 9.55 Å². The normalized spacial score (nSPS) is 25.9. The number of benzene rings is 1. The van der Waals surface area contributed by atoms with Crippen molar-refractivity contribution in [1.29, 1.82) is 0 Å². The average molecular weight is 348 g/mol. The first-order chi connectivity index (χ1) is 12.0. The fourth-order valence-corrected chi connectivity index (χ4v) is 2.81. The van der Waals surface area contributed by atoms with Crippen molar-refractivity contribution in [2.45, 2.75) is 24.5 Å². The molecule has 2 aromatic rings. The van der Waals surface area contributed by atoms with Gasteiger partial charge in [-0.3, -0.25) is 19.1 Å². The molecule has 0 saturated carbocycles. The molecule has 1 aromatic carbocycles. The summed E-state index contributed by atoms with van der Waals surface area (Å²) in [5.41, 5.74) is -0.498. The molecule has 4 atom stereocenters. The molecule has 1 aliphatic heterocycles. The number of carbonyl (C=O) groups is 1. The van der Waals surface area contributed by atoms with Crippen molar-refractivity contribution in [2.24, 2.45) is 0 Å². The van der Waals surface area contributed by atoms with Gasteiger partial charge in [0.25, 0.3) is 5.56 Å². The molecule has 1 fully saturated rings. The Balaban J connectivity index is 2.15. The molecule has 0 amide bonds. The van der Waals surface area contributed by atoms with E-state index in [2.05, 4.69) is 4.98 Å². The van der Waals surface area contributed by atoms with Crippen LogP contribution in [0.3, 0.4) is 0 Å². The number of H-pyrrole nitrogens is 1. The van der Waals surface area contributed by atoms with Gasteiger partial charge in [0.15, 0.2) is 6.23 Å². The summed E-state index contributed by atoms with van der Waals surface area (Å²) in [5.74, 6) is 0. The number of aliphatic hydroxyl groups is 3. The standard InChI is InChI=1S/C16H16N2O7/c19-6-8-1-3-9(4-2-8)10-5-12(21)17-16(24)18(10)15-14(23)13(22)11(7-20)25-15/h1-6,11,13-15,20,22-23H,7H2,(H,17,21,24)/t11-,13-,14-,15-/m1/s1. The lowest BCUT2D eigenvalue weighted by atomic mass is 10.1. The van der Waals surface area contributed by atoms with Gasteiger partial charge in [0.1, 0.15) is 24.6 Å². The van der Waals surface area contributed by atoms with Gasteiger partial charge in [0, 0.05) is 11.6 Å². The van der Waals surface area contributed by atoms with Crippen LogP contribution < -0.4 is 11.2 Å². The maximum Gasteiger partial charge on any atom is 0.331 e. The molecule has 1 aromatic heterocycles. The van der Waals surface area contributed by atoms with Crippen molar-refractivity contribution in [3.63, 3.8) is 0 Å². The van der Waals surface area contributed by atoms with Crippen LogP contribution >= 0.6 is 0 Å². The summed E-state index contributed by atoms with van der Waals surface area (Å²) in [6.45, 7) is -0.545. The first kappa shape index (κ1) is 17.2. The van der Waals surface area contributed by atoms with Crippen molar-refractivity contribution < 1.29 is 24.9 Å². The molecule has 132 valence electrons. The van der Waals surface area contributed by atoms with E-state index in [-0.39, 0.29) is 5.69 Å². The highest BCUT2D eigenvalue weighted by molar-refractivity contribution is 5.76. The predicted molar refractivity (Wildman–Crippen MR) is 85.2 cm³/mol. The van der Waals surface area contributed by atoms with Gasteiger partial charge in [-0.1, -0.05) is 24.3 Å². The number of ether oxygens (including phenoxy) is 1. The van der Waals surface area contributed by atoms with Gasteiger partial charge in [-0.2, -0.15) is 0 Å². The average Bonchev–Trinajstić information content (AvgIpc) is 2.89. The number of hydrogen-bond donors (Lipinski definition) is 4. The monoisotopic (exact) mass is 348 g/mol. The number of aldehydes is 1. The number of aliphatic hydroxyl groups excluding tert-OH is 3. The molecule has 4 N–H and O–H groups in total. The van der Waals surface area contributed by atoms with E-state index in [0.29, 0.717) is 17.4 Å². The minimum Gasteiger partial charge on any atom is -0.394 e. The van der Waals surface area contributed by atoms with Crippen LogP contribution in [0.15, 0.2) is 39.9 Å². The van der Waals surface area contributed by atoms with Gasteiger partial charge < -0.3 is 20.1 Å². The molecule has 1 saturated heterocycles. The number of rotatable bonds is 4. The second-order valence-electron chi connectivity index (χ2n) is 5.66. The van der Waals surface area contributed by atoms with E-state index < -0.39 is 42.4 Å². The third-order valence-corrected chi connectivity index (χ3v) is 4.09. The Hall–Kier alpha value is -2.59. The van der Waals surface area contributed by atoms with Crippen LogP contribution in [0.5, 0.6) is 0 Å².